The Hall–Kier alpha value is -0.650. The summed E-state index contributed by atoms with van der Waals surface area (Å²) in [7, 11) is 0. The molecule has 0 N–H and O–H groups in total. The minimum absolute atomic E-state index is 0.0861. The van der Waals surface area contributed by atoms with Crippen LogP contribution < -0.4 is 4.90 Å². The fourth-order valence-electron chi connectivity index (χ4n) is 2.68. The van der Waals surface area contributed by atoms with E-state index in [0.717, 1.165) is 54.6 Å². The summed E-state index contributed by atoms with van der Waals surface area (Å²) in [5.41, 5.74) is 2.09. The summed E-state index contributed by atoms with van der Waals surface area (Å²) in [6.07, 6.45) is 4.02. The van der Waals surface area contributed by atoms with Gasteiger partial charge in [0.1, 0.15) is 12.5 Å². The number of anilines is 1. The topological polar surface area (TPSA) is 21.7 Å². The molecule has 2 heterocycles. The van der Waals surface area contributed by atoms with E-state index in [-0.39, 0.29) is 12.1 Å². The molecule has 1 atom stereocenters. The van der Waals surface area contributed by atoms with E-state index in [9.17, 15) is 4.39 Å². The van der Waals surface area contributed by atoms with Crippen LogP contribution in [0.25, 0.3) is 0 Å². The quantitative estimate of drug-likeness (QED) is 0.847. The van der Waals surface area contributed by atoms with Crippen LogP contribution in [-0.2, 0) is 15.9 Å². The van der Waals surface area contributed by atoms with Gasteiger partial charge >= 0.3 is 0 Å². The largest absolute Gasteiger partial charge is 0.353 e. The lowest BCUT2D eigenvalue weighted by Gasteiger charge is -2.27. The first-order chi connectivity index (χ1) is 9.24. The van der Waals surface area contributed by atoms with Gasteiger partial charge in [0.05, 0.1) is 5.69 Å². The maximum Gasteiger partial charge on any atom is 0.159 e. The molecule has 1 aromatic carbocycles. The smallest absolute Gasteiger partial charge is 0.159 e. The van der Waals surface area contributed by atoms with Crippen LogP contribution in [0.3, 0.4) is 0 Å². The Labute approximate surface area is 120 Å². The lowest BCUT2D eigenvalue weighted by molar-refractivity contribution is -0.161. The number of fused-ring (bicyclic) bond motifs is 1. The van der Waals surface area contributed by atoms with Gasteiger partial charge in [-0.1, -0.05) is 0 Å². The van der Waals surface area contributed by atoms with Crippen LogP contribution in [0.5, 0.6) is 0 Å². The van der Waals surface area contributed by atoms with Gasteiger partial charge in [-0.15, -0.1) is 0 Å². The maximum atomic E-state index is 13.3. The summed E-state index contributed by atoms with van der Waals surface area (Å²) in [5.74, 6) is -0.191. The average Bonchev–Trinajstić information content (AvgIpc) is 2.81. The van der Waals surface area contributed by atoms with Gasteiger partial charge in [0.2, 0.25) is 0 Å². The van der Waals surface area contributed by atoms with Crippen LogP contribution in [0.1, 0.15) is 24.8 Å². The number of rotatable bonds is 3. The van der Waals surface area contributed by atoms with Crippen molar-refractivity contribution in [2.45, 2.75) is 32.0 Å². The molecule has 1 fully saturated rings. The molecule has 5 heteroatoms. The summed E-state index contributed by atoms with van der Waals surface area (Å²) >= 11 is 3.44. The lowest BCUT2D eigenvalue weighted by atomic mass is 10.2. The van der Waals surface area contributed by atoms with Gasteiger partial charge in [0, 0.05) is 17.6 Å². The average molecular weight is 330 g/mol. The second kappa shape index (κ2) is 5.77. The van der Waals surface area contributed by atoms with Crippen LogP contribution >= 0.6 is 15.9 Å². The van der Waals surface area contributed by atoms with Crippen molar-refractivity contribution in [3.63, 3.8) is 0 Å². The van der Waals surface area contributed by atoms with Crippen molar-refractivity contribution in [3.8, 4) is 0 Å². The zero-order valence-corrected chi connectivity index (χ0v) is 12.3. The van der Waals surface area contributed by atoms with Crippen LogP contribution in [0.2, 0.25) is 0 Å². The summed E-state index contributed by atoms with van der Waals surface area (Å²) in [6, 6.07) is 3.12. The van der Waals surface area contributed by atoms with Gasteiger partial charge in [-0.2, -0.15) is 0 Å². The molecule has 0 spiro atoms. The maximum absolute atomic E-state index is 13.3. The van der Waals surface area contributed by atoms with Crippen LogP contribution in [0.15, 0.2) is 16.6 Å². The van der Waals surface area contributed by atoms with E-state index in [4.69, 9.17) is 9.47 Å². The monoisotopic (exact) mass is 329 g/mol. The third-order valence-electron chi connectivity index (χ3n) is 3.63. The number of hydrogen-bond donors (Lipinski definition) is 0. The molecule has 0 radical (unpaired) electrons. The van der Waals surface area contributed by atoms with E-state index in [0.29, 0.717) is 6.73 Å². The number of ether oxygens (including phenoxy) is 2. The fraction of sp³-hybridized carbons (Fsp3) is 0.571. The Morgan fingerprint density at radius 1 is 1.42 bits per heavy atom. The highest BCUT2D eigenvalue weighted by molar-refractivity contribution is 9.10. The normalized spacial score (nSPS) is 22.6. The van der Waals surface area contributed by atoms with Crippen molar-refractivity contribution < 1.29 is 13.9 Å². The van der Waals surface area contributed by atoms with Gasteiger partial charge in [0.25, 0.3) is 0 Å². The number of halogens is 2. The second-order valence-corrected chi connectivity index (χ2v) is 5.86. The molecule has 2 aliphatic rings. The van der Waals surface area contributed by atoms with E-state index in [1.807, 2.05) is 0 Å². The highest BCUT2D eigenvalue weighted by Crippen LogP contribution is 2.36. The van der Waals surface area contributed by atoms with Gasteiger partial charge in [-0.3, -0.25) is 0 Å². The standard InChI is InChI=1S/C14H17BrFNO2/c15-12-8-11(16)7-10-4-5-17(14(10)12)9-19-13-3-1-2-6-18-13/h7-8,13H,1-6,9H2. The predicted molar refractivity (Wildman–Crippen MR) is 74.7 cm³/mol. The van der Waals surface area contributed by atoms with E-state index >= 15 is 0 Å². The fourth-order valence-corrected chi connectivity index (χ4v) is 3.40. The molecule has 104 valence electrons. The van der Waals surface area contributed by atoms with Gasteiger partial charge in [-0.25, -0.2) is 4.39 Å². The first-order valence-electron chi connectivity index (χ1n) is 6.70. The molecule has 1 aromatic rings. The first-order valence-corrected chi connectivity index (χ1v) is 7.49. The van der Waals surface area contributed by atoms with Gasteiger partial charge in [-0.05, 0) is 59.3 Å². The first kappa shape index (κ1) is 13.3. The molecule has 0 aliphatic carbocycles. The van der Waals surface area contributed by atoms with Crippen LogP contribution in [0.4, 0.5) is 10.1 Å². The second-order valence-electron chi connectivity index (χ2n) is 5.00. The molecule has 1 saturated heterocycles. The number of nitrogens with zero attached hydrogens (tertiary/aromatic N) is 1. The molecule has 2 aliphatic heterocycles. The summed E-state index contributed by atoms with van der Waals surface area (Å²) in [6.45, 7) is 2.15. The van der Waals surface area contributed by atoms with Crippen molar-refractivity contribution >= 4 is 21.6 Å². The molecule has 0 saturated carbocycles. The molecule has 0 bridgehead atoms. The third kappa shape index (κ3) is 2.93. The Morgan fingerprint density at radius 3 is 3.11 bits per heavy atom. The Balaban J connectivity index is 1.65. The van der Waals surface area contributed by atoms with E-state index < -0.39 is 0 Å². The van der Waals surface area contributed by atoms with Crippen molar-refractivity contribution in [3.05, 3.63) is 28.0 Å². The van der Waals surface area contributed by atoms with Crippen molar-refractivity contribution in [2.24, 2.45) is 0 Å². The minimum atomic E-state index is -0.191. The lowest BCUT2D eigenvalue weighted by Crippen LogP contribution is -2.30. The SMILES string of the molecule is Fc1cc(Br)c2c(c1)CCN2COC1CCCCO1. The van der Waals surface area contributed by atoms with Crippen LogP contribution in [0, 0.1) is 5.82 Å². The molecule has 1 unspecified atom stereocenters. The van der Waals surface area contributed by atoms with Crippen molar-refractivity contribution in [1.29, 1.82) is 0 Å². The van der Waals surface area contributed by atoms with Crippen molar-refractivity contribution in [2.75, 3.05) is 24.8 Å². The van der Waals surface area contributed by atoms with E-state index in [2.05, 4.69) is 20.8 Å². The summed E-state index contributed by atoms with van der Waals surface area (Å²) in [5, 5.41) is 0. The molecule has 3 rings (SSSR count). The van der Waals surface area contributed by atoms with E-state index in [1.54, 1.807) is 6.07 Å². The van der Waals surface area contributed by atoms with Gasteiger partial charge in [0.15, 0.2) is 6.29 Å². The predicted octanol–water partition coefficient (Wildman–Crippen LogP) is 3.45. The minimum Gasteiger partial charge on any atom is -0.353 e. The Morgan fingerprint density at radius 2 is 2.32 bits per heavy atom. The Bertz CT molecular complexity index is 463. The molecule has 19 heavy (non-hydrogen) atoms. The van der Waals surface area contributed by atoms with E-state index in [1.165, 1.54) is 6.07 Å². The molecular formula is C14H17BrFNO2. The van der Waals surface area contributed by atoms with Crippen LogP contribution in [-0.4, -0.2) is 26.2 Å². The molecule has 3 nitrogen and oxygen atoms in total. The number of benzene rings is 1. The highest BCUT2D eigenvalue weighted by atomic mass is 79.9. The molecule has 0 amide bonds. The zero-order chi connectivity index (χ0) is 13.2. The summed E-state index contributed by atoms with van der Waals surface area (Å²) < 4.78 is 25.5. The Kier molecular flexibility index (Phi) is 4.05. The van der Waals surface area contributed by atoms with Crippen molar-refractivity contribution in [1.82, 2.24) is 0 Å². The zero-order valence-electron chi connectivity index (χ0n) is 10.7. The molecule has 0 aromatic heterocycles. The molecular weight excluding hydrogens is 313 g/mol. The summed E-state index contributed by atoms with van der Waals surface area (Å²) in [4.78, 5) is 2.14. The third-order valence-corrected chi connectivity index (χ3v) is 4.23. The number of hydrogen-bond acceptors (Lipinski definition) is 3. The van der Waals surface area contributed by atoms with Gasteiger partial charge < -0.3 is 14.4 Å². The highest BCUT2D eigenvalue weighted by Gasteiger charge is 2.24.